The predicted molar refractivity (Wildman–Crippen MR) is 144 cm³/mol. The monoisotopic (exact) mass is 527 g/mol. The summed E-state index contributed by atoms with van der Waals surface area (Å²) in [7, 11) is 1.84. The number of aromatic nitrogens is 6. The number of aryl methyl sites for hydroxylation is 2. The molecule has 0 aromatic carbocycles. The number of hydrogen-bond donors (Lipinski definition) is 2. The van der Waals surface area contributed by atoms with Crippen LogP contribution in [0.5, 0.6) is 0 Å². The Kier molecular flexibility index (Phi) is 5.97. The van der Waals surface area contributed by atoms with Crippen LogP contribution in [-0.4, -0.2) is 59.2 Å². The fourth-order valence-electron chi connectivity index (χ4n) is 4.80. The standard InChI is InChI=1S/C26H25N9O2S/c1-15-20(23-24(18-9-30-33(2)12-18)38-26-21(25(27)37)11-31-35(23)26)7-19(10-29-15)32-22(36)14-34-6-4-16-3-5-28-8-17(16)13-34/h3,5,7-12H,4,6,13-14H2,1-2H3,(H2,27,37)(H,32,36). The van der Waals surface area contributed by atoms with Crippen LogP contribution in [0.15, 0.2) is 49.3 Å². The van der Waals surface area contributed by atoms with E-state index in [1.54, 1.807) is 21.6 Å². The highest BCUT2D eigenvalue weighted by molar-refractivity contribution is 7.21. The maximum absolute atomic E-state index is 13.0. The summed E-state index contributed by atoms with van der Waals surface area (Å²) in [6.07, 6.45) is 11.4. The number of hydrogen-bond acceptors (Lipinski definition) is 8. The van der Waals surface area contributed by atoms with Gasteiger partial charge in [0.2, 0.25) is 5.91 Å². The first-order valence-corrected chi connectivity index (χ1v) is 12.9. The van der Waals surface area contributed by atoms with Crippen LogP contribution in [-0.2, 0) is 24.8 Å². The first kappa shape index (κ1) is 23.9. The third kappa shape index (κ3) is 4.33. The number of pyridine rings is 2. The number of nitrogens with zero attached hydrogens (tertiary/aromatic N) is 7. The van der Waals surface area contributed by atoms with E-state index in [1.807, 2.05) is 44.7 Å². The highest BCUT2D eigenvalue weighted by atomic mass is 32.1. The number of nitrogens with one attached hydrogen (secondary N) is 1. The number of thiazole rings is 1. The Bertz CT molecular complexity index is 1700. The third-order valence-electron chi connectivity index (χ3n) is 6.67. The fraction of sp³-hybridized carbons (Fsp3) is 0.231. The summed E-state index contributed by atoms with van der Waals surface area (Å²) in [5, 5.41) is 11.8. The van der Waals surface area contributed by atoms with Gasteiger partial charge < -0.3 is 11.1 Å². The second-order valence-corrected chi connectivity index (χ2v) is 10.3. The lowest BCUT2D eigenvalue weighted by Crippen LogP contribution is -2.37. The average molecular weight is 528 g/mol. The normalized spacial score (nSPS) is 13.5. The molecule has 5 aromatic heterocycles. The minimum absolute atomic E-state index is 0.119. The zero-order valence-electron chi connectivity index (χ0n) is 20.9. The van der Waals surface area contributed by atoms with Gasteiger partial charge in [-0.05, 0) is 36.6 Å². The Hall–Kier alpha value is -4.42. The smallest absolute Gasteiger partial charge is 0.253 e. The minimum atomic E-state index is -0.544. The first-order chi connectivity index (χ1) is 18.4. The van der Waals surface area contributed by atoms with Crippen LogP contribution in [0.4, 0.5) is 5.69 Å². The van der Waals surface area contributed by atoms with E-state index < -0.39 is 5.91 Å². The number of amides is 2. The van der Waals surface area contributed by atoms with Gasteiger partial charge in [-0.3, -0.25) is 29.1 Å². The van der Waals surface area contributed by atoms with Crippen molar-refractivity contribution in [3.63, 3.8) is 0 Å². The molecular weight excluding hydrogens is 502 g/mol. The van der Waals surface area contributed by atoms with Crippen LogP contribution >= 0.6 is 11.3 Å². The number of rotatable bonds is 6. The van der Waals surface area contributed by atoms with E-state index in [1.165, 1.54) is 23.1 Å². The molecule has 38 heavy (non-hydrogen) atoms. The zero-order valence-corrected chi connectivity index (χ0v) is 21.7. The summed E-state index contributed by atoms with van der Waals surface area (Å²) in [4.78, 5) is 37.4. The van der Waals surface area contributed by atoms with Crippen LogP contribution in [0, 0.1) is 6.92 Å². The average Bonchev–Trinajstić information content (AvgIpc) is 3.60. The molecule has 12 heteroatoms. The predicted octanol–water partition coefficient (Wildman–Crippen LogP) is 2.66. The number of primary amides is 1. The number of fused-ring (bicyclic) bond motifs is 2. The van der Waals surface area contributed by atoms with E-state index in [2.05, 4.69) is 30.4 Å². The Labute approximate surface area is 221 Å². The van der Waals surface area contributed by atoms with Gasteiger partial charge in [0.05, 0.1) is 47.0 Å². The van der Waals surface area contributed by atoms with Crippen molar-refractivity contribution in [3.8, 4) is 21.7 Å². The van der Waals surface area contributed by atoms with Gasteiger partial charge in [-0.1, -0.05) is 0 Å². The molecule has 0 saturated heterocycles. The van der Waals surface area contributed by atoms with Gasteiger partial charge >= 0.3 is 0 Å². The van der Waals surface area contributed by atoms with Crippen molar-refractivity contribution in [2.45, 2.75) is 19.9 Å². The Morgan fingerprint density at radius 2 is 2.03 bits per heavy atom. The van der Waals surface area contributed by atoms with Crippen molar-refractivity contribution in [1.29, 1.82) is 0 Å². The maximum Gasteiger partial charge on any atom is 0.253 e. The molecule has 11 nitrogen and oxygen atoms in total. The van der Waals surface area contributed by atoms with Crippen molar-refractivity contribution in [1.82, 2.24) is 34.3 Å². The van der Waals surface area contributed by atoms with E-state index in [4.69, 9.17) is 5.73 Å². The zero-order chi connectivity index (χ0) is 26.4. The van der Waals surface area contributed by atoms with Gasteiger partial charge in [-0.2, -0.15) is 10.2 Å². The van der Waals surface area contributed by atoms with Gasteiger partial charge in [0.15, 0.2) is 0 Å². The Morgan fingerprint density at radius 3 is 2.82 bits per heavy atom. The van der Waals surface area contributed by atoms with Crippen LogP contribution in [0.25, 0.3) is 26.5 Å². The molecular formula is C26H25N9O2S. The van der Waals surface area contributed by atoms with Crippen molar-refractivity contribution in [2.75, 3.05) is 18.4 Å². The van der Waals surface area contributed by atoms with Gasteiger partial charge in [0, 0.05) is 55.5 Å². The van der Waals surface area contributed by atoms with Crippen molar-refractivity contribution in [3.05, 3.63) is 71.7 Å². The van der Waals surface area contributed by atoms with E-state index in [0.29, 0.717) is 22.6 Å². The van der Waals surface area contributed by atoms with E-state index in [0.717, 1.165) is 45.9 Å². The lowest BCUT2D eigenvalue weighted by atomic mass is 10.0. The van der Waals surface area contributed by atoms with Crippen molar-refractivity contribution < 1.29 is 9.59 Å². The molecule has 6 heterocycles. The van der Waals surface area contributed by atoms with Gasteiger partial charge in [-0.15, -0.1) is 11.3 Å². The second-order valence-electron chi connectivity index (χ2n) is 9.33. The van der Waals surface area contributed by atoms with Crippen LogP contribution in [0.3, 0.4) is 0 Å². The van der Waals surface area contributed by atoms with Gasteiger partial charge in [0.25, 0.3) is 5.91 Å². The first-order valence-electron chi connectivity index (χ1n) is 12.1. The van der Waals surface area contributed by atoms with Gasteiger partial charge in [0.1, 0.15) is 4.83 Å². The molecule has 0 unspecified atom stereocenters. The van der Waals surface area contributed by atoms with Gasteiger partial charge in [-0.25, -0.2) is 4.52 Å². The van der Waals surface area contributed by atoms with Crippen LogP contribution in [0.2, 0.25) is 0 Å². The number of anilines is 1. The second kappa shape index (κ2) is 9.47. The molecule has 2 amide bonds. The molecule has 6 rings (SSSR count). The molecule has 3 N–H and O–H groups in total. The molecule has 0 aliphatic carbocycles. The summed E-state index contributed by atoms with van der Waals surface area (Å²) in [5.41, 5.74) is 12.1. The largest absolute Gasteiger partial charge is 0.365 e. The highest BCUT2D eigenvalue weighted by Crippen LogP contribution is 2.41. The quantitative estimate of drug-likeness (QED) is 0.346. The molecule has 192 valence electrons. The SMILES string of the molecule is Cc1ncc(NC(=O)CN2CCc3ccncc3C2)cc1-c1c(-c2cnn(C)c2)sc2c(C(N)=O)cnn12. The fourth-order valence-corrected chi connectivity index (χ4v) is 5.99. The Balaban J connectivity index is 1.32. The molecule has 0 fully saturated rings. The van der Waals surface area contributed by atoms with E-state index >= 15 is 0 Å². The Morgan fingerprint density at radius 1 is 1.16 bits per heavy atom. The molecule has 1 aliphatic heterocycles. The maximum atomic E-state index is 13.0. The number of carbonyl (C=O) groups excluding carboxylic acids is 2. The van der Waals surface area contributed by atoms with Crippen LogP contribution < -0.4 is 11.1 Å². The molecule has 5 aromatic rings. The van der Waals surface area contributed by atoms with E-state index in [-0.39, 0.29) is 12.5 Å². The van der Waals surface area contributed by atoms with E-state index in [9.17, 15) is 9.59 Å². The number of carbonyl (C=O) groups is 2. The molecule has 0 radical (unpaired) electrons. The van der Waals surface area contributed by atoms with Crippen LogP contribution in [0.1, 0.15) is 27.2 Å². The summed E-state index contributed by atoms with van der Waals surface area (Å²) >= 11 is 1.41. The van der Waals surface area contributed by atoms with Crippen molar-refractivity contribution >= 4 is 33.7 Å². The summed E-state index contributed by atoms with van der Waals surface area (Å²) in [5.74, 6) is -0.662. The molecule has 0 saturated carbocycles. The molecule has 0 spiro atoms. The summed E-state index contributed by atoms with van der Waals surface area (Å²) in [6, 6.07) is 3.93. The summed E-state index contributed by atoms with van der Waals surface area (Å²) < 4.78 is 3.43. The third-order valence-corrected chi connectivity index (χ3v) is 7.89. The molecule has 1 aliphatic rings. The molecule has 0 bridgehead atoms. The topological polar surface area (TPSA) is 136 Å². The number of nitrogens with two attached hydrogens (primary N) is 1. The highest BCUT2D eigenvalue weighted by Gasteiger charge is 2.24. The molecule has 0 atom stereocenters. The van der Waals surface area contributed by atoms with Crippen molar-refractivity contribution in [2.24, 2.45) is 12.8 Å². The lowest BCUT2D eigenvalue weighted by molar-refractivity contribution is -0.117. The minimum Gasteiger partial charge on any atom is -0.365 e. The lowest BCUT2D eigenvalue weighted by Gasteiger charge is -2.27. The summed E-state index contributed by atoms with van der Waals surface area (Å²) in [6.45, 7) is 3.67.